The number of anilines is 1. The summed E-state index contributed by atoms with van der Waals surface area (Å²) in [5.74, 6) is 0.799. The van der Waals surface area contributed by atoms with Crippen molar-refractivity contribution in [2.45, 2.75) is 44.6 Å². The van der Waals surface area contributed by atoms with Crippen molar-refractivity contribution in [1.82, 2.24) is 9.88 Å². The zero-order chi connectivity index (χ0) is 16.2. The lowest BCUT2D eigenvalue weighted by atomic mass is 9.91. The monoisotopic (exact) mass is 315 g/mol. The molecular weight excluding hydrogens is 290 g/mol. The Hall–Kier alpha value is -1.75. The highest BCUT2D eigenvalue weighted by atomic mass is 16.1. The van der Waals surface area contributed by atoms with Gasteiger partial charge in [0.25, 0.3) is 0 Å². The number of rotatable bonds is 5. The van der Waals surface area contributed by atoms with E-state index >= 15 is 0 Å². The summed E-state index contributed by atoms with van der Waals surface area (Å²) in [5.41, 5.74) is 0.502. The van der Waals surface area contributed by atoms with E-state index in [9.17, 15) is 9.59 Å². The summed E-state index contributed by atoms with van der Waals surface area (Å²) < 4.78 is 0. The fourth-order valence-electron chi connectivity index (χ4n) is 3.69. The summed E-state index contributed by atoms with van der Waals surface area (Å²) in [7, 11) is 2.09. The first-order chi connectivity index (χ1) is 11.2. The van der Waals surface area contributed by atoms with Gasteiger partial charge in [-0.15, -0.1) is 0 Å². The van der Waals surface area contributed by atoms with Crippen molar-refractivity contribution >= 4 is 18.0 Å². The van der Waals surface area contributed by atoms with Crippen molar-refractivity contribution < 1.29 is 9.59 Å². The molecule has 0 spiro atoms. The lowest BCUT2D eigenvalue weighted by molar-refractivity contribution is -0.107. The third-order valence-electron chi connectivity index (χ3n) is 5.17. The molecule has 1 amide bonds. The highest BCUT2D eigenvalue weighted by Gasteiger charge is 2.27. The number of nitrogens with zero attached hydrogens (tertiary/aromatic N) is 3. The van der Waals surface area contributed by atoms with Gasteiger partial charge in [0.1, 0.15) is 11.5 Å². The maximum Gasteiger partial charge on any atom is 0.215 e. The van der Waals surface area contributed by atoms with Crippen LogP contribution < -0.4 is 4.90 Å². The first-order valence-electron chi connectivity index (χ1n) is 8.62. The van der Waals surface area contributed by atoms with Gasteiger partial charge in [-0.3, -0.25) is 14.5 Å². The van der Waals surface area contributed by atoms with E-state index < -0.39 is 0 Å². The topological polar surface area (TPSA) is 53.5 Å². The van der Waals surface area contributed by atoms with Gasteiger partial charge in [-0.1, -0.05) is 18.9 Å². The molecule has 0 unspecified atom stereocenters. The number of amides is 1. The zero-order valence-electron chi connectivity index (χ0n) is 13.8. The van der Waals surface area contributed by atoms with Crippen LogP contribution in [-0.2, 0) is 4.79 Å². The van der Waals surface area contributed by atoms with Crippen LogP contribution in [0.3, 0.4) is 0 Å². The van der Waals surface area contributed by atoms with E-state index in [0.717, 1.165) is 58.0 Å². The Bertz CT molecular complexity index is 561. The van der Waals surface area contributed by atoms with Crippen LogP contribution in [0.15, 0.2) is 18.2 Å². The van der Waals surface area contributed by atoms with Gasteiger partial charge in [-0.05, 0) is 58.0 Å². The predicted octanol–water partition coefficient (Wildman–Crippen LogP) is 2.51. The molecule has 3 rings (SSSR count). The zero-order valence-corrected chi connectivity index (χ0v) is 13.8. The first-order valence-corrected chi connectivity index (χ1v) is 8.62. The molecule has 23 heavy (non-hydrogen) atoms. The molecule has 0 aromatic carbocycles. The lowest BCUT2D eigenvalue weighted by Crippen LogP contribution is -2.35. The number of piperidine rings is 1. The van der Waals surface area contributed by atoms with Crippen molar-refractivity contribution in [2.24, 2.45) is 5.92 Å². The minimum absolute atomic E-state index is 0.0603. The highest BCUT2D eigenvalue weighted by Crippen LogP contribution is 2.27. The van der Waals surface area contributed by atoms with Crippen molar-refractivity contribution in [3.63, 3.8) is 0 Å². The number of carbonyl (C=O) groups excluding carboxylic acids is 2. The maximum absolute atomic E-state index is 12.7. The van der Waals surface area contributed by atoms with E-state index in [1.165, 1.54) is 0 Å². The summed E-state index contributed by atoms with van der Waals surface area (Å²) >= 11 is 0. The molecule has 1 saturated carbocycles. The van der Waals surface area contributed by atoms with E-state index in [0.29, 0.717) is 11.5 Å². The van der Waals surface area contributed by atoms with E-state index in [4.69, 9.17) is 0 Å². The van der Waals surface area contributed by atoms with E-state index in [1.807, 2.05) is 12.1 Å². The molecule has 0 atom stereocenters. The third kappa shape index (κ3) is 3.61. The lowest BCUT2D eigenvalue weighted by Gasteiger charge is -2.28. The molecule has 5 nitrogen and oxygen atoms in total. The first kappa shape index (κ1) is 16.1. The van der Waals surface area contributed by atoms with Gasteiger partial charge < -0.3 is 4.90 Å². The summed E-state index contributed by atoms with van der Waals surface area (Å²) in [6.45, 7) is 1.91. The molecule has 124 valence electrons. The van der Waals surface area contributed by atoms with Crippen LogP contribution in [0.5, 0.6) is 0 Å². The largest absolute Gasteiger partial charge is 0.306 e. The molecular formula is C18H25N3O2. The summed E-state index contributed by atoms with van der Waals surface area (Å²) in [4.78, 5) is 32.7. The fourth-order valence-corrected chi connectivity index (χ4v) is 3.69. The van der Waals surface area contributed by atoms with Crippen molar-refractivity contribution in [2.75, 3.05) is 25.0 Å². The van der Waals surface area contributed by atoms with Gasteiger partial charge in [-0.2, -0.15) is 0 Å². The van der Waals surface area contributed by atoms with Crippen LogP contribution in [0, 0.1) is 5.92 Å². The quantitative estimate of drug-likeness (QED) is 0.619. The number of hydrogen-bond donors (Lipinski definition) is 0. The number of likely N-dealkylation sites (tertiary alicyclic amines) is 1. The molecule has 1 saturated heterocycles. The van der Waals surface area contributed by atoms with Crippen LogP contribution in [-0.4, -0.2) is 48.3 Å². The van der Waals surface area contributed by atoms with Gasteiger partial charge in [0.15, 0.2) is 5.78 Å². The number of hydrogen-bond acceptors (Lipinski definition) is 4. The van der Waals surface area contributed by atoms with Crippen LogP contribution in [0.4, 0.5) is 5.82 Å². The standard InChI is InChI=1S/C18H25N3O2/c1-20-11-9-14(10-12-20)18(23)16-7-4-8-17(19-16)21(13-22)15-5-2-3-6-15/h4,7-8,13-15H,2-3,5-6,9-12H2,1H3. The second kappa shape index (κ2) is 7.21. The fraction of sp³-hybridized carbons (Fsp3) is 0.611. The Balaban J connectivity index is 1.76. The van der Waals surface area contributed by atoms with Crippen molar-refractivity contribution in [3.05, 3.63) is 23.9 Å². The molecule has 2 heterocycles. The van der Waals surface area contributed by atoms with Crippen molar-refractivity contribution in [1.29, 1.82) is 0 Å². The second-order valence-electron chi connectivity index (χ2n) is 6.77. The smallest absolute Gasteiger partial charge is 0.215 e. The number of aromatic nitrogens is 1. The maximum atomic E-state index is 12.7. The minimum Gasteiger partial charge on any atom is -0.306 e. The van der Waals surface area contributed by atoms with Gasteiger partial charge in [0, 0.05) is 12.0 Å². The van der Waals surface area contributed by atoms with E-state index in [1.54, 1.807) is 11.0 Å². The molecule has 1 aromatic heterocycles. The summed E-state index contributed by atoms with van der Waals surface area (Å²) in [5, 5.41) is 0. The Morgan fingerprint density at radius 1 is 1.22 bits per heavy atom. The molecule has 1 aliphatic heterocycles. The summed E-state index contributed by atoms with van der Waals surface area (Å²) in [6, 6.07) is 5.68. The number of carbonyl (C=O) groups is 2. The second-order valence-corrected chi connectivity index (χ2v) is 6.77. The van der Waals surface area contributed by atoms with Crippen LogP contribution in [0.2, 0.25) is 0 Å². The highest BCUT2D eigenvalue weighted by molar-refractivity contribution is 5.96. The average Bonchev–Trinajstić information content (AvgIpc) is 3.10. The Morgan fingerprint density at radius 3 is 2.57 bits per heavy atom. The molecule has 1 aromatic rings. The molecule has 2 aliphatic rings. The van der Waals surface area contributed by atoms with Crippen LogP contribution in [0.25, 0.3) is 0 Å². The van der Waals surface area contributed by atoms with Gasteiger partial charge in [0.2, 0.25) is 6.41 Å². The molecule has 0 radical (unpaired) electrons. The Labute approximate surface area is 137 Å². The number of pyridine rings is 1. The van der Waals surface area contributed by atoms with Gasteiger partial charge in [0.05, 0.1) is 0 Å². The Morgan fingerprint density at radius 2 is 1.91 bits per heavy atom. The molecule has 0 bridgehead atoms. The van der Waals surface area contributed by atoms with Gasteiger partial charge in [-0.25, -0.2) is 4.98 Å². The molecule has 5 heteroatoms. The predicted molar refractivity (Wildman–Crippen MR) is 89.6 cm³/mol. The van der Waals surface area contributed by atoms with Crippen LogP contribution in [0.1, 0.15) is 49.0 Å². The third-order valence-corrected chi connectivity index (χ3v) is 5.17. The number of Topliss-reactive ketones (excluding diaryl/α,β-unsaturated/α-hetero) is 1. The SMILES string of the molecule is CN1CCC(C(=O)c2cccc(N(C=O)C3CCCC3)n2)CC1. The van der Waals surface area contributed by atoms with E-state index in [2.05, 4.69) is 16.9 Å². The summed E-state index contributed by atoms with van der Waals surface area (Å²) in [6.07, 6.45) is 7.00. The Kier molecular flexibility index (Phi) is 5.06. The normalized spacial score (nSPS) is 20.6. The molecule has 0 N–H and O–H groups in total. The minimum atomic E-state index is 0.0603. The number of ketones is 1. The van der Waals surface area contributed by atoms with Crippen molar-refractivity contribution in [3.8, 4) is 0 Å². The molecule has 1 aliphatic carbocycles. The average molecular weight is 315 g/mol. The van der Waals surface area contributed by atoms with E-state index in [-0.39, 0.29) is 17.7 Å². The van der Waals surface area contributed by atoms with Gasteiger partial charge >= 0.3 is 0 Å². The van der Waals surface area contributed by atoms with Crippen LogP contribution >= 0.6 is 0 Å². The molecule has 2 fully saturated rings.